The van der Waals surface area contributed by atoms with Gasteiger partial charge in [-0.1, -0.05) is 24.8 Å². The number of carbonyl (C=O) groups excluding carboxylic acids is 1. The first-order valence-corrected chi connectivity index (χ1v) is 7.23. The minimum absolute atomic E-state index is 0.143. The second-order valence-corrected chi connectivity index (χ2v) is 4.76. The normalized spacial score (nSPS) is 9.78. The Hall–Kier alpha value is -2.95. The number of hydrogen-bond donors (Lipinski definition) is 2. The molecule has 2 aromatic rings. The van der Waals surface area contributed by atoms with Gasteiger partial charge in [-0.15, -0.1) is 0 Å². The third-order valence-electron chi connectivity index (χ3n) is 3.01. The number of amides is 1. The molecule has 23 heavy (non-hydrogen) atoms. The van der Waals surface area contributed by atoms with E-state index in [0.29, 0.717) is 18.0 Å². The van der Waals surface area contributed by atoms with Gasteiger partial charge in [0.15, 0.2) is 0 Å². The molecule has 2 N–H and O–H groups in total. The van der Waals surface area contributed by atoms with Gasteiger partial charge in [-0.05, 0) is 24.3 Å². The molecular weight excluding hydrogens is 292 g/mol. The molecule has 0 fully saturated rings. The lowest BCUT2D eigenvalue weighted by Gasteiger charge is -2.10. The highest BCUT2D eigenvalue weighted by Crippen LogP contribution is 2.18. The van der Waals surface area contributed by atoms with E-state index >= 15 is 0 Å². The molecule has 0 saturated heterocycles. The molecule has 0 aliphatic heterocycles. The highest BCUT2D eigenvalue weighted by molar-refractivity contribution is 5.93. The molecule has 0 aliphatic rings. The Kier molecular flexibility index (Phi) is 6.06. The molecule has 2 aromatic carbocycles. The second-order valence-electron chi connectivity index (χ2n) is 4.76. The molecule has 5 nitrogen and oxygen atoms in total. The predicted molar refractivity (Wildman–Crippen MR) is 92.2 cm³/mol. The quantitative estimate of drug-likeness (QED) is 0.734. The SMILES string of the molecule is C=CCOc1cccc(NCC(=O)Nc2cccc(OC)c2)c1. The zero-order valence-electron chi connectivity index (χ0n) is 13.0. The molecule has 0 aromatic heterocycles. The molecule has 0 heterocycles. The maximum absolute atomic E-state index is 12.0. The van der Waals surface area contributed by atoms with Crippen LogP contribution < -0.4 is 20.1 Å². The van der Waals surface area contributed by atoms with Crippen molar-refractivity contribution in [3.63, 3.8) is 0 Å². The summed E-state index contributed by atoms with van der Waals surface area (Å²) in [6, 6.07) is 14.6. The van der Waals surface area contributed by atoms with Crippen LogP contribution in [0.15, 0.2) is 61.2 Å². The van der Waals surface area contributed by atoms with Crippen LogP contribution in [0.5, 0.6) is 11.5 Å². The summed E-state index contributed by atoms with van der Waals surface area (Å²) in [5.41, 5.74) is 1.51. The smallest absolute Gasteiger partial charge is 0.243 e. The van der Waals surface area contributed by atoms with Crippen LogP contribution >= 0.6 is 0 Å². The van der Waals surface area contributed by atoms with Crippen LogP contribution in [0.3, 0.4) is 0 Å². The number of carbonyl (C=O) groups is 1. The van der Waals surface area contributed by atoms with E-state index < -0.39 is 0 Å². The summed E-state index contributed by atoms with van der Waals surface area (Å²) in [7, 11) is 1.59. The zero-order valence-corrected chi connectivity index (χ0v) is 13.0. The maximum atomic E-state index is 12.0. The van der Waals surface area contributed by atoms with Gasteiger partial charge in [0.1, 0.15) is 18.1 Å². The van der Waals surface area contributed by atoms with E-state index in [1.807, 2.05) is 42.5 Å². The minimum atomic E-state index is -0.143. The largest absolute Gasteiger partial charge is 0.497 e. The Morgan fingerprint density at radius 3 is 2.57 bits per heavy atom. The molecule has 2 rings (SSSR count). The number of nitrogens with one attached hydrogen (secondary N) is 2. The molecule has 0 spiro atoms. The Morgan fingerprint density at radius 2 is 1.83 bits per heavy atom. The van der Waals surface area contributed by atoms with Gasteiger partial charge in [0.2, 0.25) is 5.91 Å². The fraction of sp³-hybridized carbons (Fsp3) is 0.167. The number of rotatable bonds is 8. The van der Waals surface area contributed by atoms with Gasteiger partial charge in [-0.25, -0.2) is 0 Å². The lowest BCUT2D eigenvalue weighted by atomic mass is 10.3. The highest BCUT2D eigenvalue weighted by atomic mass is 16.5. The van der Waals surface area contributed by atoms with Crippen molar-refractivity contribution in [3.05, 3.63) is 61.2 Å². The van der Waals surface area contributed by atoms with E-state index in [-0.39, 0.29) is 12.5 Å². The fourth-order valence-electron chi connectivity index (χ4n) is 1.94. The van der Waals surface area contributed by atoms with Crippen molar-refractivity contribution in [2.75, 3.05) is 30.9 Å². The van der Waals surface area contributed by atoms with Crippen molar-refractivity contribution < 1.29 is 14.3 Å². The van der Waals surface area contributed by atoms with Crippen LogP contribution in [-0.4, -0.2) is 26.2 Å². The van der Waals surface area contributed by atoms with Crippen molar-refractivity contribution in [2.45, 2.75) is 0 Å². The number of anilines is 2. The standard InChI is InChI=1S/C18H20N2O3/c1-3-10-23-17-9-4-6-14(11-17)19-13-18(21)20-15-7-5-8-16(12-15)22-2/h3-9,11-12,19H,1,10,13H2,2H3,(H,20,21). The summed E-state index contributed by atoms with van der Waals surface area (Å²) in [6.07, 6.45) is 1.68. The predicted octanol–water partition coefficient (Wildman–Crippen LogP) is 3.31. The third-order valence-corrected chi connectivity index (χ3v) is 3.01. The molecule has 0 aliphatic carbocycles. The Morgan fingerprint density at radius 1 is 1.13 bits per heavy atom. The lowest BCUT2D eigenvalue weighted by Crippen LogP contribution is -2.21. The van der Waals surface area contributed by atoms with Crippen molar-refractivity contribution in [1.29, 1.82) is 0 Å². The summed E-state index contributed by atoms with van der Waals surface area (Å²) in [4.78, 5) is 12.0. The van der Waals surface area contributed by atoms with Crippen LogP contribution in [0, 0.1) is 0 Å². The zero-order chi connectivity index (χ0) is 16.5. The van der Waals surface area contributed by atoms with Gasteiger partial charge in [0.25, 0.3) is 0 Å². The molecule has 0 bridgehead atoms. The lowest BCUT2D eigenvalue weighted by molar-refractivity contribution is -0.114. The van der Waals surface area contributed by atoms with Gasteiger partial charge in [-0.2, -0.15) is 0 Å². The van der Waals surface area contributed by atoms with Crippen molar-refractivity contribution >= 4 is 17.3 Å². The Balaban J connectivity index is 1.87. The van der Waals surface area contributed by atoms with Gasteiger partial charge in [0.05, 0.1) is 13.7 Å². The maximum Gasteiger partial charge on any atom is 0.243 e. The van der Waals surface area contributed by atoms with Gasteiger partial charge in [0, 0.05) is 23.5 Å². The first-order chi connectivity index (χ1) is 11.2. The van der Waals surface area contributed by atoms with E-state index in [0.717, 1.165) is 11.4 Å². The van der Waals surface area contributed by atoms with E-state index in [1.54, 1.807) is 19.3 Å². The fourth-order valence-corrected chi connectivity index (χ4v) is 1.94. The molecule has 120 valence electrons. The molecule has 0 unspecified atom stereocenters. The molecule has 1 amide bonds. The summed E-state index contributed by atoms with van der Waals surface area (Å²) in [5.74, 6) is 1.28. The monoisotopic (exact) mass is 312 g/mol. The summed E-state index contributed by atoms with van der Waals surface area (Å²) in [5, 5.41) is 5.87. The van der Waals surface area contributed by atoms with Crippen LogP contribution in [0.1, 0.15) is 0 Å². The van der Waals surface area contributed by atoms with E-state index in [4.69, 9.17) is 9.47 Å². The highest BCUT2D eigenvalue weighted by Gasteiger charge is 2.04. The van der Waals surface area contributed by atoms with Crippen LogP contribution in [0.4, 0.5) is 11.4 Å². The first kappa shape index (κ1) is 16.4. The number of methoxy groups -OCH3 is 1. The number of ether oxygens (including phenoxy) is 2. The molecule has 0 radical (unpaired) electrons. The number of hydrogen-bond acceptors (Lipinski definition) is 4. The van der Waals surface area contributed by atoms with Crippen LogP contribution in [-0.2, 0) is 4.79 Å². The summed E-state index contributed by atoms with van der Waals surface area (Å²) in [6.45, 7) is 4.21. The van der Waals surface area contributed by atoms with E-state index in [2.05, 4.69) is 17.2 Å². The summed E-state index contributed by atoms with van der Waals surface area (Å²) < 4.78 is 10.6. The minimum Gasteiger partial charge on any atom is -0.497 e. The van der Waals surface area contributed by atoms with Crippen LogP contribution in [0.2, 0.25) is 0 Å². The first-order valence-electron chi connectivity index (χ1n) is 7.23. The van der Waals surface area contributed by atoms with E-state index in [1.165, 1.54) is 0 Å². The average Bonchev–Trinajstić information content (AvgIpc) is 2.58. The van der Waals surface area contributed by atoms with Gasteiger partial charge in [-0.3, -0.25) is 4.79 Å². The topological polar surface area (TPSA) is 59.6 Å². The second kappa shape index (κ2) is 8.48. The molecule has 0 saturated carbocycles. The van der Waals surface area contributed by atoms with Crippen molar-refractivity contribution in [3.8, 4) is 11.5 Å². The van der Waals surface area contributed by atoms with Crippen molar-refractivity contribution in [1.82, 2.24) is 0 Å². The van der Waals surface area contributed by atoms with Gasteiger partial charge < -0.3 is 20.1 Å². The molecule has 5 heteroatoms. The average molecular weight is 312 g/mol. The number of benzene rings is 2. The van der Waals surface area contributed by atoms with E-state index in [9.17, 15) is 4.79 Å². The van der Waals surface area contributed by atoms with Gasteiger partial charge >= 0.3 is 0 Å². The molecular formula is C18H20N2O3. The van der Waals surface area contributed by atoms with Crippen molar-refractivity contribution in [2.24, 2.45) is 0 Å². The Bertz CT molecular complexity index is 671. The van der Waals surface area contributed by atoms with Crippen LogP contribution in [0.25, 0.3) is 0 Å². The molecule has 0 atom stereocenters. The third kappa shape index (κ3) is 5.39. The Labute approximate surface area is 135 Å². The summed E-state index contributed by atoms with van der Waals surface area (Å²) >= 11 is 0.